The predicted molar refractivity (Wildman–Crippen MR) is 84.5 cm³/mol. The van der Waals surface area contributed by atoms with Gasteiger partial charge in [-0.1, -0.05) is 59.3 Å². The Hall–Kier alpha value is -1.49. The monoisotopic (exact) mass is 338 g/mol. The van der Waals surface area contributed by atoms with Crippen molar-refractivity contribution < 1.29 is 4.39 Å². The minimum atomic E-state index is -0.420. The molecule has 3 aromatic rings. The van der Waals surface area contributed by atoms with Gasteiger partial charge < -0.3 is 0 Å². The Morgan fingerprint density at radius 1 is 1.00 bits per heavy atom. The van der Waals surface area contributed by atoms with Crippen molar-refractivity contribution in [2.75, 3.05) is 0 Å². The molecule has 1 heterocycles. The third-order valence-electron chi connectivity index (χ3n) is 2.93. The first-order chi connectivity index (χ1) is 10.2. The van der Waals surface area contributed by atoms with Gasteiger partial charge in [-0.15, -0.1) is 21.8 Å². The largest absolute Gasteiger partial charge is 0.206 e. The fourth-order valence-corrected chi connectivity index (χ4v) is 3.45. The standard InChI is InChI=1S/C15H9Cl2FN2S/c16-10-7-4-8-11(18)12(10)14-19-20-15(21-14)13(17)9-5-2-1-3-6-9/h1-8,13H. The molecule has 21 heavy (non-hydrogen) atoms. The zero-order valence-corrected chi connectivity index (χ0v) is 13.0. The van der Waals surface area contributed by atoms with Crippen LogP contribution in [0.5, 0.6) is 0 Å². The molecule has 1 atom stereocenters. The second-order valence-electron chi connectivity index (χ2n) is 4.32. The topological polar surface area (TPSA) is 25.8 Å². The second kappa shape index (κ2) is 6.10. The first kappa shape index (κ1) is 14.4. The molecular weight excluding hydrogens is 330 g/mol. The van der Waals surface area contributed by atoms with Gasteiger partial charge >= 0.3 is 0 Å². The summed E-state index contributed by atoms with van der Waals surface area (Å²) in [6.07, 6.45) is 0. The van der Waals surface area contributed by atoms with Gasteiger partial charge in [0.25, 0.3) is 0 Å². The molecule has 106 valence electrons. The SMILES string of the molecule is Fc1cccc(Cl)c1-c1nnc(C(Cl)c2ccccc2)s1. The van der Waals surface area contributed by atoms with Crippen molar-refractivity contribution in [3.63, 3.8) is 0 Å². The molecule has 0 N–H and O–H groups in total. The van der Waals surface area contributed by atoms with E-state index in [-0.39, 0.29) is 5.56 Å². The quantitative estimate of drug-likeness (QED) is 0.603. The van der Waals surface area contributed by atoms with Gasteiger partial charge in [0.05, 0.1) is 10.6 Å². The number of halogens is 3. The van der Waals surface area contributed by atoms with Crippen LogP contribution in [0.25, 0.3) is 10.6 Å². The molecule has 0 aliphatic rings. The van der Waals surface area contributed by atoms with Gasteiger partial charge in [0.15, 0.2) is 5.01 Å². The Morgan fingerprint density at radius 3 is 2.48 bits per heavy atom. The molecule has 0 aliphatic carbocycles. The molecule has 0 amide bonds. The summed E-state index contributed by atoms with van der Waals surface area (Å²) in [5.41, 5.74) is 1.18. The fourth-order valence-electron chi connectivity index (χ4n) is 1.90. The van der Waals surface area contributed by atoms with Crippen LogP contribution in [0, 0.1) is 5.82 Å². The third kappa shape index (κ3) is 2.93. The van der Waals surface area contributed by atoms with Gasteiger partial charge in [0.2, 0.25) is 0 Å². The summed E-state index contributed by atoms with van der Waals surface area (Å²) < 4.78 is 13.9. The Labute approximate surface area is 135 Å². The van der Waals surface area contributed by atoms with E-state index in [2.05, 4.69) is 10.2 Å². The van der Waals surface area contributed by atoms with E-state index in [9.17, 15) is 4.39 Å². The average Bonchev–Trinajstić information content (AvgIpc) is 2.97. The lowest BCUT2D eigenvalue weighted by molar-refractivity contribution is 0.631. The van der Waals surface area contributed by atoms with Crippen molar-refractivity contribution in [2.45, 2.75) is 5.38 Å². The predicted octanol–water partition coefficient (Wildman–Crippen LogP) is 5.33. The average molecular weight is 339 g/mol. The van der Waals surface area contributed by atoms with E-state index >= 15 is 0 Å². The van der Waals surface area contributed by atoms with Gasteiger partial charge in [0.1, 0.15) is 16.2 Å². The number of hydrogen-bond donors (Lipinski definition) is 0. The molecule has 0 saturated heterocycles. The highest BCUT2D eigenvalue weighted by atomic mass is 35.5. The minimum Gasteiger partial charge on any atom is -0.206 e. The third-order valence-corrected chi connectivity index (χ3v) is 4.83. The number of nitrogens with zero attached hydrogens (tertiary/aromatic N) is 2. The van der Waals surface area contributed by atoms with Crippen molar-refractivity contribution in [2.24, 2.45) is 0 Å². The van der Waals surface area contributed by atoms with Crippen LogP contribution in [0.3, 0.4) is 0 Å². The van der Waals surface area contributed by atoms with Crippen molar-refractivity contribution >= 4 is 34.5 Å². The molecule has 2 aromatic carbocycles. The maximum absolute atomic E-state index is 13.9. The van der Waals surface area contributed by atoms with Crippen LogP contribution >= 0.6 is 34.5 Å². The van der Waals surface area contributed by atoms with Crippen molar-refractivity contribution in [1.82, 2.24) is 10.2 Å². The van der Waals surface area contributed by atoms with Crippen LogP contribution in [0.2, 0.25) is 5.02 Å². The first-order valence-electron chi connectivity index (χ1n) is 6.13. The van der Waals surface area contributed by atoms with Crippen LogP contribution < -0.4 is 0 Å². The Kier molecular flexibility index (Phi) is 4.19. The maximum Gasteiger partial charge on any atom is 0.152 e. The lowest BCUT2D eigenvalue weighted by atomic mass is 10.1. The molecule has 1 unspecified atom stereocenters. The normalized spacial score (nSPS) is 12.3. The van der Waals surface area contributed by atoms with Crippen molar-refractivity contribution in [3.05, 3.63) is 69.9 Å². The van der Waals surface area contributed by atoms with E-state index in [0.29, 0.717) is 15.0 Å². The molecule has 0 radical (unpaired) electrons. The van der Waals surface area contributed by atoms with E-state index in [1.165, 1.54) is 17.4 Å². The highest BCUT2D eigenvalue weighted by Crippen LogP contribution is 2.37. The van der Waals surface area contributed by atoms with Gasteiger partial charge in [-0.3, -0.25) is 0 Å². The summed E-state index contributed by atoms with van der Waals surface area (Å²) in [6.45, 7) is 0. The summed E-state index contributed by atoms with van der Waals surface area (Å²) in [5, 5.41) is 9.01. The molecule has 0 bridgehead atoms. The van der Waals surface area contributed by atoms with Gasteiger partial charge in [-0.05, 0) is 17.7 Å². The van der Waals surface area contributed by atoms with Crippen LogP contribution in [-0.2, 0) is 0 Å². The summed E-state index contributed by atoms with van der Waals surface area (Å²) in [4.78, 5) is 0. The molecule has 2 nitrogen and oxygen atoms in total. The second-order valence-corrected chi connectivity index (χ2v) is 6.17. The highest BCUT2D eigenvalue weighted by Gasteiger charge is 2.19. The van der Waals surface area contributed by atoms with Gasteiger partial charge in [-0.2, -0.15) is 0 Å². The minimum absolute atomic E-state index is 0.264. The van der Waals surface area contributed by atoms with Crippen molar-refractivity contribution in [3.8, 4) is 10.6 Å². The summed E-state index contributed by atoms with van der Waals surface area (Å²) in [5.74, 6) is -0.420. The number of hydrogen-bond acceptors (Lipinski definition) is 3. The molecule has 0 fully saturated rings. The molecule has 1 aromatic heterocycles. The van der Waals surface area contributed by atoms with Crippen LogP contribution in [0.4, 0.5) is 4.39 Å². The zero-order valence-electron chi connectivity index (χ0n) is 10.6. The summed E-state index contributed by atoms with van der Waals surface area (Å²) in [7, 11) is 0. The molecule has 0 saturated carbocycles. The smallest absolute Gasteiger partial charge is 0.152 e. The van der Waals surface area contributed by atoms with Crippen molar-refractivity contribution in [1.29, 1.82) is 0 Å². The van der Waals surface area contributed by atoms with Gasteiger partial charge in [-0.25, -0.2) is 4.39 Å². The first-order valence-corrected chi connectivity index (χ1v) is 7.76. The van der Waals surface area contributed by atoms with E-state index in [4.69, 9.17) is 23.2 Å². The Morgan fingerprint density at radius 2 is 1.76 bits per heavy atom. The lowest BCUT2D eigenvalue weighted by Gasteiger charge is -2.04. The van der Waals surface area contributed by atoms with E-state index < -0.39 is 11.2 Å². The van der Waals surface area contributed by atoms with Gasteiger partial charge in [0, 0.05) is 0 Å². The molecule has 0 aliphatic heterocycles. The number of aromatic nitrogens is 2. The summed E-state index contributed by atoms with van der Waals surface area (Å²) in [6, 6.07) is 14.1. The fraction of sp³-hybridized carbons (Fsp3) is 0.0667. The maximum atomic E-state index is 13.9. The highest BCUT2D eigenvalue weighted by molar-refractivity contribution is 7.15. The van der Waals surface area contributed by atoms with E-state index in [0.717, 1.165) is 5.56 Å². The Balaban J connectivity index is 1.97. The molecule has 0 spiro atoms. The number of alkyl halides is 1. The lowest BCUT2D eigenvalue weighted by Crippen LogP contribution is -1.91. The Bertz CT molecular complexity index is 741. The number of rotatable bonds is 3. The molecule has 3 rings (SSSR count). The van der Waals surface area contributed by atoms with E-state index in [1.54, 1.807) is 12.1 Å². The molecule has 6 heteroatoms. The van der Waals surface area contributed by atoms with Crippen LogP contribution in [0.1, 0.15) is 15.9 Å². The zero-order chi connectivity index (χ0) is 14.8. The number of benzene rings is 2. The van der Waals surface area contributed by atoms with Crippen LogP contribution in [0.15, 0.2) is 48.5 Å². The summed E-state index contributed by atoms with van der Waals surface area (Å²) >= 11 is 13.7. The van der Waals surface area contributed by atoms with E-state index in [1.807, 2.05) is 30.3 Å². The molecular formula is C15H9Cl2FN2S. The van der Waals surface area contributed by atoms with Crippen LogP contribution in [-0.4, -0.2) is 10.2 Å².